The summed E-state index contributed by atoms with van der Waals surface area (Å²) in [7, 11) is 0. The van der Waals surface area contributed by atoms with E-state index in [0.717, 1.165) is 38.2 Å². The number of carbonyl (C=O) groups excluding carboxylic acids is 1. The van der Waals surface area contributed by atoms with E-state index in [1.165, 1.54) is 6.07 Å². The van der Waals surface area contributed by atoms with Gasteiger partial charge in [0, 0.05) is 0 Å². The van der Waals surface area contributed by atoms with Crippen LogP contribution in [0.25, 0.3) is 0 Å². The maximum Gasteiger partial charge on any atom is 0.433 e. The largest absolute Gasteiger partial charge is 0.433 e. The number of nitro groups is 1. The van der Waals surface area contributed by atoms with Gasteiger partial charge < -0.3 is 9.73 Å². The average Bonchev–Trinajstić information content (AvgIpc) is 2.95. The fourth-order valence-electron chi connectivity index (χ4n) is 2.48. The molecule has 1 saturated carbocycles. The molecule has 0 bridgehead atoms. The summed E-state index contributed by atoms with van der Waals surface area (Å²) in [6, 6.07) is 3.88. The Morgan fingerprint density at radius 3 is 2.70 bits per heavy atom. The lowest BCUT2D eigenvalue weighted by Gasteiger charge is -2.25. The van der Waals surface area contributed by atoms with Gasteiger partial charge >= 0.3 is 5.88 Å². The van der Waals surface area contributed by atoms with E-state index in [2.05, 4.69) is 11.4 Å². The number of furan rings is 1. The molecule has 1 amide bonds. The zero-order valence-corrected chi connectivity index (χ0v) is 10.9. The van der Waals surface area contributed by atoms with Crippen LogP contribution in [-0.2, 0) is 0 Å². The van der Waals surface area contributed by atoms with Gasteiger partial charge in [-0.15, -0.1) is 0 Å². The summed E-state index contributed by atoms with van der Waals surface area (Å²) in [6.45, 7) is 0. The third-order valence-corrected chi connectivity index (χ3v) is 3.54. The Morgan fingerprint density at radius 2 is 2.15 bits per heavy atom. The van der Waals surface area contributed by atoms with Crippen LogP contribution in [0.5, 0.6) is 0 Å². The van der Waals surface area contributed by atoms with Crippen molar-refractivity contribution in [1.82, 2.24) is 5.32 Å². The molecule has 7 heteroatoms. The number of nitrogens with one attached hydrogen (secondary N) is 1. The van der Waals surface area contributed by atoms with Gasteiger partial charge in [0.2, 0.25) is 0 Å². The molecule has 1 unspecified atom stereocenters. The Balaban J connectivity index is 2.01. The smallest absolute Gasteiger partial charge is 0.395 e. The Labute approximate surface area is 115 Å². The zero-order valence-electron chi connectivity index (χ0n) is 10.9. The lowest BCUT2D eigenvalue weighted by atomic mass is 9.84. The Hall–Kier alpha value is -2.36. The SMILES string of the molecule is N#CC(NC(=O)c1ccc([N+](=O)[O-])o1)C1CCCCC1. The molecule has 2 rings (SSSR count). The highest BCUT2D eigenvalue weighted by atomic mass is 16.6. The summed E-state index contributed by atoms with van der Waals surface area (Å²) in [5.41, 5.74) is 0. The fourth-order valence-corrected chi connectivity index (χ4v) is 2.48. The molecule has 1 fully saturated rings. The first-order valence-corrected chi connectivity index (χ1v) is 6.56. The number of carbonyl (C=O) groups is 1. The zero-order chi connectivity index (χ0) is 14.5. The van der Waals surface area contributed by atoms with Crippen molar-refractivity contribution in [3.05, 3.63) is 28.0 Å². The van der Waals surface area contributed by atoms with Gasteiger partial charge in [-0.2, -0.15) is 5.26 Å². The highest BCUT2D eigenvalue weighted by molar-refractivity contribution is 5.92. The van der Waals surface area contributed by atoms with Gasteiger partial charge in [-0.1, -0.05) is 19.3 Å². The molecule has 0 aliphatic heterocycles. The summed E-state index contributed by atoms with van der Waals surface area (Å²) in [6.07, 6.45) is 5.11. The minimum Gasteiger partial charge on any atom is -0.395 e. The van der Waals surface area contributed by atoms with Crippen LogP contribution in [-0.4, -0.2) is 16.9 Å². The van der Waals surface area contributed by atoms with Gasteiger partial charge in [-0.25, -0.2) is 0 Å². The second kappa shape index (κ2) is 6.19. The molecule has 0 saturated heterocycles. The third-order valence-electron chi connectivity index (χ3n) is 3.54. The van der Waals surface area contributed by atoms with Crippen LogP contribution in [0.4, 0.5) is 5.88 Å². The van der Waals surface area contributed by atoms with Crippen molar-refractivity contribution >= 4 is 11.8 Å². The van der Waals surface area contributed by atoms with Gasteiger partial charge in [-0.05, 0) is 24.8 Å². The van der Waals surface area contributed by atoms with E-state index in [1.807, 2.05) is 0 Å². The normalized spacial score (nSPS) is 17.1. The average molecular weight is 277 g/mol. The first-order valence-electron chi connectivity index (χ1n) is 6.56. The molecular weight excluding hydrogens is 262 g/mol. The van der Waals surface area contributed by atoms with Gasteiger partial charge in [0.05, 0.1) is 12.1 Å². The molecule has 20 heavy (non-hydrogen) atoms. The van der Waals surface area contributed by atoms with Gasteiger partial charge in [0.25, 0.3) is 5.91 Å². The Morgan fingerprint density at radius 1 is 1.45 bits per heavy atom. The first-order chi connectivity index (χ1) is 9.61. The van der Waals surface area contributed by atoms with Crippen molar-refractivity contribution in [3.63, 3.8) is 0 Å². The number of rotatable bonds is 4. The van der Waals surface area contributed by atoms with Crippen LogP contribution in [0.15, 0.2) is 16.5 Å². The molecular formula is C13H15N3O4. The third kappa shape index (κ3) is 3.15. The summed E-state index contributed by atoms with van der Waals surface area (Å²) in [5, 5.41) is 22.2. The van der Waals surface area contributed by atoms with E-state index in [9.17, 15) is 14.9 Å². The minimum absolute atomic E-state index is 0.141. The van der Waals surface area contributed by atoms with Gasteiger partial charge in [0.15, 0.2) is 5.76 Å². The second-order valence-electron chi connectivity index (χ2n) is 4.87. The van der Waals surface area contributed by atoms with E-state index in [1.54, 1.807) is 0 Å². The number of nitriles is 1. The number of nitrogens with zero attached hydrogens (tertiary/aromatic N) is 2. The van der Waals surface area contributed by atoms with E-state index in [0.29, 0.717) is 0 Å². The number of amides is 1. The predicted molar refractivity (Wildman–Crippen MR) is 68.8 cm³/mol. The molecule has 1 heterocycles. The monoisotopic (exact) mass is 277 g/mol. The lowest BCUT2D eigenvalue weighted by molar-refractivity contribution is -0.402. The Kier molecular flexibility index (Phi) is 4.35. The molecule has 1 aliphatic rings. The summed E-state index contributed by atoms with van der Waals surface area (Å²) < 4.78 is 4.82. The fraction of sp³-hybridized carbons (Fsp3) is 0.538. The molecule has 1 atom stereocenters. The minimum atomic E-state index is -0.709. The van der Waals surface area contributed by atoms with Crippen LogP contribution in [0.2, 0.25) is 0 Å². The number of hydrogen-bond acceptors (Lipinski definition) is 5. The highest BCUT2D eigenvalue weighted by Gasteiger charge is 2.26. The Bertz CT molecular complexity index is 540. The van der Waals surface area contributed by atoms with Crippen LogP contribution in [0.3, 0.4) is 0 Å². The van der Waals surface area contributed by atoms with Gasteiger partial charge in [-0.3, -0.25) is 14.9 Å². The van der Waals surface area contributed by atoms with Gasteiger partial charge in [0.1, 0.15) is 11.0 Å². The molecule has 1 aromatic rings. The standard InChI is InChI=1S/C13H15N3O4/c14-8-10(9-4-2-1-3-5-9)15-13(17)11-6-7-12(20-11)16(18)19/h6-7,9-10H,1-5H2,(H,15,17). The van der Waals surface area contributed by atoms with Crippen molar-refractivity contribution in [2.45, 2.75) is 38.1 Å². The highest BCUT2D eigenvalue weighted by Crippen LogP contribution is 2.26. The molecule has 1 aliphatic carbocycles. The van der Waals surface area contributed by atoms with E-state index < -0.39 is 22.8 Å². The van der Waals surface area contributed by atoms with Crippen molar-refractivity contribution in [2.75, 3.05) is 0 Å². The maximum absolute atomic E-state index is 11.9. The molecule has 7 nitrogen and oxygen atoms in total. The van der Waals surface area contributed by atoms with Crippen LogP contribution in [0, 0.1) is 27.4 Å². The predicted octanol–water partition coefficient (Wildman–Crippen LogP) is 2.39. The molecule has 0 aromatic carbocycles. The first kappa shape index (κ1) is 14.1. The van der Waals surface area contributed by atoms with Crippen molar-refractivity contribution < 1.29 is 14.1 Å². The molecule has 0 radical (unpaired) electrons. The molecule has 106 valence electrons. The van der Waals surface area contributed by atoms with E-state index in [4.69, 9.17) is 9.68 Å². The molecule has 1 N–H and O–H groups in total. The summed E-state index contributed by atoms with van der Waals surface area (Å²) in [5.74, 6) is -1.08. The summed E-state index contributed by atoms with van der Waals surface area (Å²) in [4.78, 5) is 21.7. The summed E-state index contributed by atoms with van der Waals surface area (Å²) >= 11 is 0. The van der Waals surface area contributed by atoms with Crippen molar-refractivity contribution in [2.24, 2.45) is 5.92 Å². The molecule has 0 spiro atoms. The van der Waals surface area contributed by atoms with Crippen LogP contribution >= 0.6 is 0 Å². The lowest BCUT2D eigenvalue weighted by Crippen LogP contribution is -2.39. The van der Waals surface area contributed by atoms with E-state index in [-0.39, 0.29) is 11.7 Å². The van der Waals surface area contributed by atoms with Crippen molar-refractivity contribution in [1.29, 1.82) is 5.26 Å². The topological polar surface area (TPSA) is 109 Å². The van der Waals surface area contributed by atoms with Crippen LogP contribution in [0.1, 0.15) is 42.7 Å². The maximum atomic E-state index is 11.9. The van der Waals surface area contributed by atoms with Crippen LogP contribution < -0.4 is 5.32 Å². The quantitative estimate of drug-likeness (QED) is 0.671. The molecule has 1 aromatic heterocycles. The number of hydrogen-bond donors (Lipinski definition) is 1. The second-order valence-corrected chi connectivity index (χ2v) is 4.87. The van der Waals surface area contributed by atoms with Crippen molar-refractivity contribution in [3.8, 4) is 6.07 Å². The van der Waals surface area contributed by atoms with E-state index >= 15 is 0 Å².